The zero-order valence-electron chi connectivity index (χ0n) is 25.0. The minimum atomic E-state index is -0.953. The van der Waals surface area contributed by atoms with Gasteiger partial charge in [0.1, 0.15) is 18.1 Å². The number of hydrogen-bond donors (Lipinski definition) is 4. The molecule has 1 aromatic carbocycles. The third kappa shape index (κ3) is 15.3. The molecule has 1 rings (SSSR count). The highest BCUT2D eigenvalue weighted by molar-refractivity contribution is 7.98. The number of alkyl carbamates (subject to hydrolysis) is 1. The molecule has 0 bridgehead atoms. The monoisotopic (exact) mass is 594 g/mol. The topological polar surface area (TPSA) is 152 Å². The minimum Gasteiger partial charge on any atom is -0.469 e. The number of rotatable bonds is 18. The Bertz CT molecular complexity index is 975. The molecule has 1 aromatic rings. The lowest BCUT2D eigenvalue weighted by Crippen LogP contribution is -2.57. The van der Waals surface area contributed by atoms with Gasteiger partial charge in [-0.3, -0.25) is 19.2 Å². The second-order valence-electron chi connectivity index (χ2n) is 10.5. The third-order valence-corrected chi connectivity index (χ3v) is 6.52. The van der Waals surface area contributed by atoms with Crippen molar-refractivity contribution in [3.8, 4) is 0 Å². The van der Waals surface area contributed by atoms with Crippen LogP contribution in [0.25, 0.3) is 0 Å². The van der Waals surface area contributed by atoms with Gasteiger partial charge in [0.15, 0.2) is 0 Å². The van der Waals surface area contributed by atoms with E-state index in [0.29, 0.717) is 18.6 Å². The van der Waals surface area contributed by atoms with Crippen LogP contribution in [-0.2, 0) is 35.1 Å². The number of esters is 1. The first-order chi connectivity index (χ1) is 19.5. The highest BCUT2D eigenvalue weighted by Gasteiger charge is 2.30. The smallest absolute Gasteiger partial charge is 0.407 e. The molecule has 0 unspecified atom stereocenters. The lowest BCUT2D eigenvalue weighted by Gasteiger charge is -2.26. The van der Waals surface area contributed by atoms with Crippen LogP contribution in [0.1, 0.15) is 52.5 Å². The summed E-state index contributed by atoms with van der Waals surface area (Å²) >= 11 is 1.53. The van der Waals surface area contributed by atoms with Crippen molar-refractivity contribution < 1.29 is 33.4 Å². The van der Waals surface area contributed by atoms with Gasteiger partial charge in [0.2, 0.25) is 17.7 Å². The van der Waals surface area contributed by atoms with Crippen LogP contribution in [-0.4, -0.2) is 80.2 Å². The van der Waals surface area contributed by atoms with Gasteiger partial charge >= 0.3 is 12.1 Å². The maximum Gasteiger partial charge on any atom is 0.407 e. The van der Waals surface area contributed by atoms with E-state index in [1.165, 1.54) is 18.9 Å². The lowest BCUT2D eigenvalue weighted by atomic mass is 10.0. The van der Waals surface area contributed by atoms with Crippen molar-refractivity contribution in [1.82, 2.24) is 21.3 Å². The van der Waals surface area contributed by atoms with Crippen LogP contribution in [0.4, 0.5) is 4.79 Å². The molecule has 41 heavy (non-hydrogen) atoms. The molecular weight excluding hydrogens is 548 g/mol. The summed E-state index contributed by atoms with van der Waals surface area (Å²) < 4.78 is 9.80. The first-order valence-corrected chi connectivity index (χ1v) is 15.3. The van der Waals surface area contributed by atoms with Crippen LogP contribution in [0.15, 0.2) is 30.3 Å². The van der Waals surface area contributed by atoms with Crippen LogP contribution >= 0.6 is 11.8 Å². The van der Waals surface area contributed by atoms with Crippen molar-refractivity contribution in [2.75, 3.05) is 32.3 Å². The molecule has 0 aliphatic heterocycles. The molecule has 0 fully saturated rings. The zero-order chi connectivity index (χ0) is 30.8. The molecule has 0 radical (unpaired) electrons. The summed E-state index contributed by atoms with van der Waals surface area (Å²) in [5.74, 6) is -1.18. The Balaban J connectivity index is 3.05. The quantitative estimate of drug-likeness (QED) is 0.189. The van der Waals surface area contributed by atoms with Crippen LogP contribution in [0.3, 0.4) is 0 Å². The van der Waals surface area contributed by atoms with E-state index >= 15 is 0 Å². The molecule has 230 valence electrons. The molecule has 0 heterocycles. The Labute approximate surface area is 247 Å². The number of carbonyl (C=O) groups is 5. The van der Waals surface area contributed by atoms with Gasteiger partial charge in [-0.05, 0) is 42.2 Å². The maximum atomic E-state index is 13.5. The van der Waals surface area contributed by atoms with Crippen molar-refractivity contribution >= 4 is 41.5 Å². The third-order valence-electron chi connectivity index (χ3n) is 5.88. The number of methoxy groups -OCH3 is 1. The lowest BCUT2D eigenvalue weighted by molar-refractivity contribution is -0.140. The van der Waals surface area contributed by atoms with Crippen LogP contribution < -0.4 is 21.3 Å². The molecule has 4 amide bonds. The van der Waals surface area contributed by atoms with Crippen LogP contribution in [0.5, 0.6) is 0 Å². The molecule has 0 aromatic heterocycles. The normalized spacial score (nSPS) is 13.1. The summed E-state index contributed by atoms with van der Waals surface area (Å²) in [5.41, 5.74) is 0.826. The maximum absolute atomic E-state index is 13.5. The molecule has 0 spiro atoms. The van der Waals surface area contributed by atoms with E-state index in [1.54, 1.807) is 0 Å². The van der Waals surface area contributed by atoms with Crippen LogP contribution in [0.2, 0.25) is 0 Å². The summed E-state index contributed by atoms with van der Waals surface area (Å²) in [7, 11) is 1.27. The highest BCUT2D eigenvalue weighted by atomic mass is 32.2. The molecule has 0 saturated heterocycles. The van der Waals surface area contributed by atoms with E-state index in [0.717, 1.165) is 5.56 Å². The fourth-order valence-corrected chi connectivity index (χ4v) is 4.22. The Hall–Kier alpha value is -3.28. The van der Waals surface area contributed by atoms with Crippen molar-refractivity contribution in [2.45, 2.75) is 71.5 Å². The standard InChI is InChI=1S/C29H46N4O7S/c1-19(2)16-23(31-27(36)22(13-15-41-6)33-29(38)40-18-20(3)4)28(37)32-24(17-21-10-8-7-9-11-21)26(35)30-14-12-25(34)39-5/h7-11,19-20,22-24H,12-18H2,1-6H3,(H,30,35)(H,31,36)(H,32,37)(H,33,38)/t22-,23-,24-/m0/s1. The fourth-order valence-electron chi connectivity index (χ4n) is 3.75. The first-order valence-electron chi connectivity index (χ1n) is 13.9. The molecule has 3 atom stereocenters. The van der Waals surface area contributed by atoms with Gasteiger partial charge in [-0.15, -0.1) is 0 Å². The van der Waals surface area contributed by atoms with Gasteiger partial charge in [-0.25, -0.2) is 4.79 Å². The van der Waals surface area contributed by atoms with Crippen molar-refractivity contribution in [2.24, 2.45) is 11.8 Å². The number of benzene rings is 1. The average Bonchev–Trinajstić information content (AvgIpc) is 2.93. The van der Waals surface area contributed by atoms with E-state index in [-0.39, 0.29) is 37.8 Å². The van der Waals surface area contributed by atoms with Gasteiger partial charge in [-0.2, -0.15) is 11.8 Å². The summed E-state index contributed by atoms with van der Waals surface area (Å²) in [6.45, 7) is 7.91. The van der Waals surface area contributed by atoms with E-state index in [1.807, 2.05) is 64.3 Å². The van der Waals surface area contributed by atoms with Crippen LogP contribution in [0, 0.1) is 11.8 Å². The molecule has 0 aliphatic rings. The average molecular weight is 595 g/mol. The number of hydrogen-bond acceptors (Lipinski definition) is 8. The number of amides is 4. The Kier molecular flexibility index (Phi) is 17.2. The van der Waals surface area contributed by atoms with E-state index in [2.05, 4.69) is 26.0 Å². The number of carbonyl (C=O) groups excluding carboxylic acids is 5. The predicted octanol–water partition coefficient (Wildman–Crippen LogP) is 2.43. The SMILES string of the molecule is COC(=O)CCNC(=O)[C@H](Cc1ccccc1)NC(=O)[C@H](CC(C)C)NC(=O)[C@H](CCSC)NC(=O)OCC(C)C. The zero-order valence-corrected chi connectivity index (χ0v) is 25.8. The summed E-state index contributed by atoms with van der Waals surface area (Å²) in [6, 6.07) is 6.40. The Morgan fingerprint density at radius 3 is 2.05 bits per heavy atom. The Morgan fingerprint density at radius 1 is 0.829 bits per heavy atom. The van der Waals surface area contributed by atoms with Gasteiger partial charge in [0.25, 0.3) is 0 Å². The van der Waals surface area contributed by atoms with E-state index in [9.17, 15) is 24.0 Å². The second-order valence-corrected chi connectivity index (χ2v) is 11.5. The van der Waals surface area contributed by atoms with E-state index < -0.39 is 47.9 Å². The molecule has 4 N–H and O–H groups in total. The molecular formula is C29H46N4O7S. The molecule has 11 nitrogen and oxygen atoms in total. The Morgan fingerprint density at radius 2 is 1.46 bits per heavy atom. The summed E-state index contributed by atoms with van der Waals surface area (Å²) in [6.07, 6.45) is 2.05. The van der Waals surface area contributed by atoms with Gasteiger partial charge in [0, 0.05) is 13.0 Å². The van der Waals surface area contributed by atoms with Gasteiger partial charge in [0.05, 0.1) is 20.1 Å². The minimum absolute atomic E-state index is 0.00961. The second kappa shape index (κ2) is 19.7. The predicted molar refractivity (Wildman–Crippen MR) is 159 cm³/mol. The van der Waals surface area contributed by atoms with Gasteiger partial charge in [-0.1, -0.05) is 58.0 Å². The first kappa shape index (κ1) is 35.7. The largest absolute Gasteiger partial charge is 0.469 e. The van der Waals surface area contributed by atoms with Crippen molar-refractivity contribution in [3.05, 3.63) is 35.9 Å². The van der Waals surface area contributed by atoms with Crippen molar-refractivity contribution in [1.29, 1.82) is 0 Å². The molecule has 12 heteroatoms. The van der Waals surface area contributed by atoms with Crippen molar-refractivity contribution in [3.63, 3.8) is 0 Å². The summed E-state index contributed by atoms with van der Waals surface area (Å²) in [4.78, 5) is 63.6. The number of thioether (sulfide) groups is 1. The number of ether oxygens (including phenoxy) is 2. The fraction of sp³-hybridized carbons (Fsp3) is 0.621. The molecule has 0 aliphatic carbocycles. The highest BCUT2D eigenvalue weighted by Crippen LogP contribution is 2.10. The van der Waals surface area contributed by atoms with Gasteiger partial charge < -0.3 is 30.7 Å². The van der Waals surface area contributed by atoms with E-state index in [4.69, 9.17) is 4.74 Å². The molecule has 0 saturated carbocycles. The number of nitrogens with one attached hydrogen (secondary N) is 4. The summed E-state index contributed by atoms with van der Waals surface area (Å²) in [5, 5.41) is 10.8.